The second-order valence-corrected chi connectivity index (χ2v) is 5.09. The molecule has 0 fully saturated rings. The molecule has 0 bridgehead atoms. The third kappa shape index (κ3) is 3.05. The van der Waals surface area contributed by atoms with Crippen molar-refractivity contribution in [1.29, 1.82) is 0 Å². The molecule has 1 aromatic rings. The number of hydrogen-bond donors (Lipinski definition) is 1. The molecule has 3 heteroatoms. The van der Waals surface area contributed by atoms with Crippen LogP contribution < -0.4 is 5.32 Å². The van der Waals surface area contributed by atoms with Crippen LogP contribution in [0.25, 0.3) is 0 Å². The van der Waals surface area contributed by atoms with E-state index in [2.05, 4.69) is 19.2 Å². The lowest BCUT2D eigenvalue weighted by atomic mass is 9.94. The van der Waals surface area contributed by atoms with Crippen molar-refractivity contribution in [3.8, 4) is 0 Å². The summed E-state index contributed by atoms with van der Waals surface area (Å²) < 4.78 is 0. The van der Waals surface area contributed by atoms with Gasteiger partial charge in [-0.25, -0.2) is 0 Å². The van der Waals surface area contributed by atoms with Crippen LogP contribution in [0.2, 0.25) is 0 Å². The highest BCUT2D eigenvalue weighted by Gasteiger charge is 2.27. The van der Waals surface area contributed by atoms with Crippen LogP contribution in [0.5, 0.6) is 0 Å². The van der Waals surface area contributed by atoms with Gasteiger partial charge in [0.25, 0.3) is 5.91 Å². The molecule has 0 atom stereocenters. The van der Waals surface area contributed by atoms with Crippen LogP contribution in [0.4, 0.5) is 0 Å². The summed E-state index contributed by atoms with van der Waals surface area (Å²) in [5.41, 5.74) is 2.61. The van der Waals surface area contributed by atoms with Crippen molar-refractivity contribution in [2.24, 2.45) is 0 Å². The van der Waals surface area contributed by atoms with Crippen LogP contribution >= 0.6 is 11.6 Å². The van der Waals surface area contributed by atoms with E-state index in [0.717, 1.165) is 29.5 Å². The minimum atomic E-state index is -0.297. The van der Waals surface area contributed by atoms with Crippen molar-refractivity contribution in [1.82, 2.24) is 5.32 Å². The van der Waals surface area contributed by atoms with Crippen molar-refractivity contribution in [3.63, 3.8) is 0 Å². The van der Waals surface area contributed by atoms with Crippen LogP contribution in [0.15, 0.2) is 18.2 Å². The highest BCUT2D eigenvalue weighted by atomic mass is 35.5. The van der Waals surface area contributed by atoms with Crippen molar-refractivity contribution in [3.05, 3.63) is 34.9 Å². The number of alkyl halides is 1. The Morgan fingerprint density at radius 1 is 1.28 bits per heavy atom. The molecule has 18 heavy (non-hydrogen) atoms. The second kappa shape index (κ2) is 6.24. The van der Waals surface area contributed by atoms with E-state index in [1.165, 1.54) is 0 Å². The molecule has 0 saturated carbocycles. The Morgan fingerprint density at radius 3 is 2.39 bits per heavy atom. The molecule has 1 N–H and O–H groups in total. The van der Waals surface area contributed by atoms with E-state index < -0.39 is 0 Å². The molecule has 1 amide bonds. The van der Waals surface area contributed by atoms with Crippen LogP contribution in [0.3, 0.4) is 0 Å². The fourth-order valence-corrected chi connectivity index (χ4v) is 2.40. The lowest BCUT2D eigenvalue weighted by Crippen LogP contribution is -2.49. The van der Waals surface area contributed by atoms with E-state index >= 15 is 0 Å². The van der Waals surface area contributed by atoms with Crippen LogP contribution in [-0.2, 0) is 0 Å². The minimum Gasteiger partial charge on any atom is -0.345 e. The van der Waals surface area contributed by atoms with Crippen LogP contribution in [0.1, 0.15) is 48.2 Å². The zero-order chi connectivity index (χ0) is 13.8. The zero-order valence-electron chi connectivity index (χ0n) is 11.6. The number of rotatable bonds is 5. The summed E-state index contributed by atoms with van der Waals surface area (Å²) in [6, 6.07) is 5.79. The second-order valence-electron chi connectivity index (χ2n) is 4.82. The maximum atomic E-state index is 12.3. The summed E-state index contributed by atoms with van der Waals surface area (Å²) in [6.45, 7) is 8.09. The van der Waals surface area contributed by atoms with Gasteiger partial charge >= 0.3 is 0 Å². The third-order valence-electron chi connectivity index (χ3n) is 3.84. The molecule has 0 heterocycles. The van der Waals surface area contributed by atoms with E-state index in [-0.39, 0.29) is 11.4 Å². The molecule has 0 aliphatic carbocycles. The van der Waals surface area contributed by atoms with Crippen molar-refractivity contribution < 1.29 is 4.79 Å². The molecular weight excluding hydrogens is 246 g/mol. The van der Waals surface area contributed by atoms with Gasteiger partial charge in [0.2, 0.25) is 0 Å². The predicted molar refractivity (Wildman–Crippen MR) is 77.4 cm³/mol. The summed E-state index contributed by atoms with van der Waals surface area (Å²) >= 11 is 6.01. The van der Waals surface area contributed by atoms with E-state index in [0.29, 0.717) is 5.88 Å². The molecule has 1 aromatic carbocycles. The van der Waals surface area contributed by atoms with Gasteiger partial charge in [0.1, 0.15) is 0 Å². The van der Waals surface area contributed by atoms with Gasteiger partial charge < -0.3 is 5.32 Å². The Morgan fingerprint density at radius 2 is 1.89 bits per heavy atom. The zero-order valence-corrected chi connectivity index (χ0v) is 12.4. The first-order chi connectivity index (χ1) is 8.49. The maximum absolute atomic E-state index is 12.3. The standard InChI is InChI=1S/C15H22ClNO/c1-5-15(6-2,10-16)17-14(18)13-9-7-8-11(3)12(13)4/h7-9H,5-6,10H2,1-4H3,(H,17,18). The topological polar surface area (TPSA) is 29.1 Å². The van der Waals surface area contributed by atoms with E-state index in [4.69, 9.17) is 11.6 Å². The maximum Gasteiger partial charge on any atom is 0.252 e. The average molecular weight is 268 g/mol. The Balaban J connectivity index is 2.98. The van der Waals surface area contributed by atoms with Crippen LogP contribution in [0, 0.1) is 13.8 Å². The molecule has 2 nitrogen and oxygen atoms in total. The predicted octanol–water partition coefficient (Wildman–Crippen LogP) is 3.83. The molecule has 0 unspecified atom stereocenters. The highest BCUT2D eigenvalue weighted by Crippen LogP contribution is 2.19. The van der Waals surface area contributed by atoms with Gasteiger partial charge in [0.05, 0.1) is 5.54 Å². The van der Waals surface area contributed by atoms with Crippen molar-refractivity contribution in [2.45, 2.75) is 46.1 Å². The minimum absolute atomic E-state index is 0.0273. The van der Waals surface area contributed by atoms with Gasteiger partial charge in [-0.05, 0) is 43.9 Å². The summed E-state index contributed by atoms with van der Waals surface area (Å²) in [7, 11) is 0. The fourth-order valence-electron chi connectivity index (χ4n) is 1.95. The molecular formula is C15H22ClNO. The van der Waals surface area contributed by atoms with Crippen LogP contribution in [-0.4, -0.2) is 17.3 Å². The van der Waals surface area contributed by atoms with E-state index in [1.54, 1.807) is 0 Å². The molecule has 0 saturated heterocycles. The summed E-state index contributed by atoms with van der Waals surface area (Å²) in [5, 5.41) is 3.09. The number of amides is 1. The number of hydrogen-bond acceptors (Lipinski definition) is 1. The summed E-state index contributed by atoms with van der Waals surface area (Å²) in [6.07, 6.45) is 1.67. The highest BCUT2D eigenvalue weighted by molar-refractivity contribution is 6.19. The fraction of sp³-hybridized carbons (Fsp3) is 0.533. The normalized spacial score (nSPS) is 11.4. The van der Waals surface area contributed by atoms with Gasteiger partial charge in [-0.2, -0.15) is 0 Å². The molecule has 100 valence electrons. The summed E-state index contributed by atoms with van der Waals surface area (Å²) in [5.74, 6) is 0.414. The number of aryl methyl sites for hydroxylation is 1. The smallest absolute Gasteiger partial charge is 0.252 e. The van der Waals surface area contributed by atoms with Crippen molar-refractivity contribution >= 4 is 17.5 Å². The molecule has 1 rings (SSSR count). The Labute approximate surface area is 115 Å². The van der Waals surface area contributed by atoms with Gasteiger partial charge in [-0.15, -0.1) is 11.6 Å². The Hall–Kier alpha value is -1.02. The largest absolute Gasteiger partial charge is 0.345 e. The molecule has 0 spiro atoms. The number of benzene rings is 1. The SMILES string of the molecule is CCC(CC)(CCl)NC(=O)c1cccc(C)c1C. The van der Waals surface area contributed by atoms with Gasteiger partial charge in [0, 0.05) is 11.4 Å². The average Bonchev–Trinajstić information content (AvgIpc) is 2.39. The Kier molecular flexibility index (Phi) is 5.21. The van der Waals surface area contributed by atoms with Gasteiger partial charge in [-0.3, -0.25) is 4.79 Å². The number of nitrogens with one attached hydrogen (secondary N) is 1. The number of carbonyl (C=O) groups excluding carboxylic acids is 1. The van der Waals surface area contributed by atoms with Crippen molar-refractivity contribution in [2.75, 3.05) is 5.88 Å². The summed E-state index contributed by atoms with van der Waals surface area (Å²) in [4.78, 5) is 12.3. The lowest BCUT2D eigenvalue weighted by molar-refractivity contribution is 0.0902. The lowest BCUT2D eigenvalue weighted by Gasteiger charge is -2.31. The molecule has 0 aromatic heterocycles. The monoisotopic (exact) mass is 267 g/mol. The van der Waals surface area contributed by atoms with Gasteiger partial charge in [0.15, 0.2) is 0 Å². The Bertz CT molecular complexity index is 416. The number of carbonyl (C=O) groups is 1. The first-order valence-electron chi connectivity index (χ1n) is 6.44. The van der Waals surface area contributed by atoms with Gasteiger partial charge in [-0.1, -0.05) is 26.0 Å². The first kappa shape index (κ1) is 15.0. The quantitative estimate of drug-likeness (QED) is 0.807. The first-order valence-corrected chi connectivity index (χ1v) is 6.97. The molecule has 0 radical (unpaired) electrons. The number of halogens is 1. The van der Waals surface area contributed by atoms with E-state index in [1.807, 2.05) is 32.0 Å². The molecule has 0 aliphatic rings. The molecule has 0 aliphatic heterocycles. The van der Waals surface area contributed by atoms with E-state index in [9.17, 15) is 4.79 Å². The third-order valence-corrected chi connectivity index (χ3v) is 4.35.